The quantitative estimate of drug-likeness (QED) is 0.188. The number of hydrogen-bond acceptors (Lipinski definition) is 10. The van der Waals surface area contributed by atoms with Crippen LogP contribution in [0.4, 0.5) is 0 Å². The lowest BCUT2D eigenvalue weighted by molar-refractivity contribution is -0.158. The van der Waals surface area contributed by atoms with Gasteiger partial charge in [0.15, 0.2) is 0 Å². The molecule has 48 heavy (non-hydrogen) atoms. The van der Waals surface area contributed by atoms with Crippen LogP contribution in [0.3, 0.4) is 0 Å². The minimum Gasteiger partial charge on any atom is -0.462 e. The van der Waals surface area contributed by atoms with Crippen LogP contribution in [0, 0.1) is 53.3 Å². The first-order valence-electron chi connectivity index (χ1n) is 19.1. The van der Waals surface area contributed by atoms with Gasteiger partial charge in [0.25, 0.3) is 0 Å². The maximum Gasteiger partial charge on any atom is 0.302 e. The molecular formula is C38H68N2O8. The van der Waals surface area contributed by atoms with Gasteiger partial charge in [-0.05, 0) is 137 Å². The normalized spacial score (nSPS) is 38.8. The minimum absolute atomic E-state index is 0.0380. The van der Waals surface area contributed by atoms with Gasteiger partial charge in [0.1, 0.15) is 12.2 Å². The van der Waals surface area contributed by atoms with Crippen LogP contribution in [0.15, 0.2) is 0 Å². The molecule has 4 aliphatic rings. The Morgan fingerprint density at radius 2 is 1.60 bits per heavy atom. The van der Waals surface area contributed by atoms with E-state index in [9.17, 15) is 19.8 Å². The number of nitrogens with one attached hydrogen (secondary N) is 1. The number of carbonyl (C=O) groups excluding carboxylic acids is 2. The number of hydrogen-bond donors (Lipinski definition) is 4. The van der Waals surface area contributed by atoms with E-state index >= 15 is 0 Å². The number of aliphatic hydroxyl groups excluding tert-OH is 2. The largest absolute Gasteiger partial charge is 0.462 e. The minimum atomic E-state index is -0.507. The van der Waals surface area contributed by atoms with E-state index in [1.54, 1.807) is 14.2 Å². The van der Waals surface area contributed by atoms with Gasteiger partial charge in [0, 0.05) is 41.1 Å². The zero-order valence-electron chi connectivity index (χ0n) is 30.7. The standard InChI is InChI=1S/C38H68N2O8/c1-22(2)31-10-8-25-15-28(31)16-29(17-34(43)32(25)12-14-45-5)36(48-24(4)42)20-30(47-23(3)41)9-7-26-18-37(46-6)35(44)21-33(26)27-11-13-40-38(39)19-27/h22,25-38,40,43-44H,7-21,39H2,1-6H3/t25-,26?,27?,28-,29-,30-,31+,32+,33?,34-,35?,36-,37?,38?/m1/s1. The predicted molar refractivity (Wildman–Crippen MR) is 185 cm³/mol. The van der Waals surface area contributed by atoms with Gasteiger partial charge >= 0.3 is 11.9 Å². The number of ether oxygens (including phenoxy) is 4. The van der Waals surface area contributed by atoms with Gasteiger partial charge in [-0.25, -0.2) is 0 Å². The highest BCUT2D eigenvalue weighted by Gasteiger charge is 2.45. The van der Waals surface area contributed by atoms with E-state index in [0.29, 0.717) is 67.8 Å². The Bertz CT molecular complexity index is 998. The Kier molecular flexibility index (Phi) is 15.5. The molecule has 2 bridgehead atoms. The molecule has 1 aliphatic heterocycles. The number of rotatable bonds is 14. The van der Waals surface area contributed by atoms with Crippen LogP contribution >= 0.6 is 0 Å². The van der Waals surface area contributed by atoms with Crippen LogP contribution < -0.4 is 11.1 Å². The zero-order valence-corrected chi connectivity index (χ0v) is 30.7. The SMILES string of the molecule is COCC[C@H]1[C@@H]2CC[C@@H](C(C)C)[C@H](C2)C[C@@H]([C@@H](C[C@@H](CCC2CC(OC)C(O)CC2C2CCNC(N)C2)OC(C)=O)OC(C)=O)C[C@H]1O. The third kappa shape index (κ3) is 10.8. The number of fused-ring (bicyclic) bond motifs is 2. The molecular weight excluding hydrogens is 612 g/mol. The smallest absolute Gasteiger partial charge is 0.302 e. The van der Waals surface area contributed by atoms with Crippen molar-refractivity contribution < 1.29 is 38.7 Å². The molecule has 10 heteroatoms. The number of methoxy groups -OCH3 is 2. The summed E-state index contributed by atoms with van der Waals surface area (Å²) in [6.45, 7) is 9.03. The van der Waals surface area contributed by atoms with Crippen LogP contribution in [0.5, 0.6) is 0 Å². The van der Waals surface area contributed by atoms with Crippen molar-refractivity contribution in [2.24, 2.45) is 59.0 Å². The second-order valence-corrected chi connectivity index (χ2v) is 16.3. The van der Waals surface area contributed by atoms with Gasteiger partial charge in [-0.15, -0.1) is 0 Å². The lowest BCUT2D eigenvalue weighted by atomic mass is 9.60. The summed E-state index contributed by atoms with van der Waals surface area (Å²) in [4.78, 5) is 25.1. The number of carbonyl (C=O) groups is 2. The topological polar surface area (TPSA) is 150 Å². The number of nitrogens with two attached hydrogens (primary N) is 1. The fraction of sp³-hybridized carbons (Fsp3) is 0.947. The molecule has 14 atom stereocenters. The first-order valence-corrected chi connectivity index (χ1v) is 19.1. The Balaban J connectivity index is 1.55. The molecule has 0 amide bonds. The molecule has 3 saturated carbocycles. The van der Waals surface area contributed by atoms with Crippen LogP contribution in [-0.4, -0.2) is 86.2 Å². The third-order valence-electron chi connectivity index (χ3n) is 12.8. The van der Waals surface area contributed by atoms with E-state index in [1.807, 2.05) is 0 Å². The van der Waals surface area contributed by atoms with Crippen molar-refractivity contribution in [1.82, 2.24) is 5.32 Å². The number of aliphatic hydroxyl groups is 2. The second-order valence-electron chi connectivity index (χ2n) is 16.3. The molecule has 3 aliphatic carbocycles. The molecule has 0 radical (unpaired) electrons. The number of esters is 2. The molecule has 0 aromatic rings. The maximum absolute atomic E-state index is 12.6. The third-order valence-corrected chi connectivity index (χ3v) is 12.8. The fourth-order valence-corrected chi connectivity index (χ4v) is 10.6. The average molecular weight is 681 g/mol. The van der Waals surface area contributed by atoms with Crippen LogP contribution in [0.25, 0.3) is 0 Å². The highest BCUT2D eigenvalue weighted by molar-refractivity contribution is 5.66. The summed E-state index contributed by atoms with van der Waals surface area (Å²) in [6, 6.07) is 0. The van der Waals surface area contributed by atoms with Crippen molar-refractivity contribution in [3.05, 3.63) is 0 Å². The summed E-state index contributed by atoms with van der Waals surface area (Å²) in [5.41, 5.74) is 6.31. The number of piperidine rings is 1. The fourth-order valence-electron chi connectivity index (χ4n) is 10.6. The molecule has 5 N–H and O–H groups in total. The molecule has 4 rings (SSSR count). The molecule has 6 unspecified atom stereocenters. The van der Waals surface area contributed by atoms with Gasteiger partial charge in [-0.3, -0.25) is 9.59 Å². The highest BCUT2D eigenvalue weighted by atomic mass is 16.6. The van der Waals surface area contributed by atoms with E-state index in [0.717, 1.165) is 64.3 Å². The highest BCUT2D eigenvalue weighted by Crippen LogP contribution is 2.49. The summed E-state index contributed by atoms with van der Waals surface area (Å²) >= 11 is 0. The lowest BCUT2D eigenvalue weighted by Crippen LogP contribution is -2.49. The summed E-state index contributed by atoms with van der Waals surface area (Å²) in [6.07, 6.45) is 8.68. The molecule has 1 heterocycles. The second kappa shape index (κ2) is 18.8. The van der Waals surface area contributed by atoms with E-state index in [-0.39, 0.29) is 42.0 Å². The van der Waals surface area contributed by atoms with Crippen molar-refractivity contribution in [3.63, 3.8) is 0 Å². The van der Waals surface area contributed by atoms with Gasteiger partial charge in [-0.2, -0.15) is 0 Å². The van der Waals surface area contributed by atoms with E-state index < -0.39 is 24.4 Å². The van der Waals surface area contributed by atoms with Crippen molar-refractivity contribution in [2.45, 2.75) is 148 Å². The Morgan fingerprint density at radius 3 is 2.25 bits per heavy atom. The maximum atomic E-state index is 12.6. The van der Waals surface area contributed by atoms with Crippen molar-refractivity contribution in [1.29, 1.82) is 0 Å². The predicted octanol–water partition coefficient (Wildman–Crippen LogP) is 4.82. The Labute approximate surface area is 289 Å². The van der Waals surface area contributed by atoms with Crippen molar-refractivity contribution in [3.8, 4) is 0 Å². The molecule has 0 aromatic carbocycles. The van der Waals surface area contributed by atoms with Gasteiger partial charge in [0.2, 0.25) is 0 Å². The van der Waals surface area contributed by atoms with E-state index in [2.05, 4.69) is 19.2 Å². The van der Waals surface area contributed by atoms with Crippen LogP contribution in [0.2, 0.25) is 0 Å². The van der Waals surface area contributed by atoms with Crippen LogP contribution in [0.1, 0.15) is 111 Å². The molecule has 0 aromatic heterocycles. The summed E-state index contributed by atoms with van der Waals surface area (Å²) in [5, 5.41) is 26.0. The average Bonchev–Trinajstić information content (AvgIpc) is 3.02. The van der Waals surface area contributed by atoms with E-state index in [1.165, 1.54) is 13.8 Å². The molecule has 278 valence electrons. The first kappa shape index (κ1) is 39.5. The molecule has 0 spiro atoms. The Morgan fingerprint density at radius 1 is 0.854 bits per heavy atom. The summed E-state index contributed by atoms with van der Waals surface area (Å²) in [7, 11) is 3.38. The van der Waals surface area contributed by atoms with E-state index in [4.69, 9.17) is 24.7 Å². The van der Waals surface area contributed by atoms with Crippen LogP contribution in [-0.2, 0) is 28.5 Å². The molecule has 1 saturated heterocycles. The summed E-state index contributed by atoms with van der Waals surface area (Å²) in [5.74, 6) is 2.56. The Hall–Kier alpha value is -1.30. The first-order chi connectivity index (χ1) is 22.9. The van der Waals surface area contributed by atoms with Crippen molar-refractivity contribution >= 4 is 11.9 Å². The van der Waals surface area contributed by atoms with Gasteiger partial charge < -0.3 is 40.2 Å². The van der Waals surface area contributed by atoms with Crippen molar-refractivity contribution in [2.75, 3.05) is 27.4 Å². The zero-order chi connectivity index (χ0) is 35.0. The molecule has 10 nitrogen and oxygen atoms in total. The van der Waals surface area contributed by atoms with Gasteiger partial charge in [0.05, 0.1) is 24.5 Å². The monoisotopic (exact) mass is 680 g/mol. The van der Waals surface area contributed by atoms with Gasteiger partial charge in [-0.1, -0.05) is 13.8 Å². The molecule has 4 fully saturated rings. The lowest BCUT2D eigenvalue weighted by Gasteiger charge is -2.47. The summed E-state index contributed by atoms with van der Waals surface area (Å²) < 4.78 is 23.3.